The van der Waals surface area contributed by atoms with Crippen molar-refractivity contribution in [3.63, 3.8) is 0 Å². The molecule has 1 fully saturated rings. The maximum Gasteiger partial charge on any atom is 0.387 e. The molecule has 2 heterocycles. The number of alkyl halides is 2. The summed E-state index contributed by atoms with van der Waals surface area (Å²) in [6.07, 6.45) is 1.05. The SMILES string of the molecule is CCN(CC)Cc1ccc(C(=O)NNC(=O)C2CCCN(C(=O)c3ccccc3OC(F)F)C2)o1. The van der Waals surface area contributed by atoms with Crippen LogP contribution in [0.25, 0.3) is 0 Å². The number of furan rings is 1. The Kier molecular flexibility index (Phi) is 9.18. The predicted molar refractivity (Wildman–Crippen MR) is 123 cm³/mol. The number of likely N-dealkylation sites (tertiary alicyclic amines) is 1. The van der Waals surface area contributed by atoms with Gasteiger partial charge in [0, 0.05) is 13.1 Å². The van der Waals surface area contributed by atoms with Gasteiger partial charge in [-0.1, -0.05) is 26.0 Å². The number of hydrazine groups is 1. The van der Waals surface area contributed by atoms with Crippen molar-refractivity contribution in [3.05, 3.63) is 53.5 Å². The van der Waals surface area contributed by atoms with Gasteiger partial charge in [-0.2, -0.15) is 8.78 Å². The van der Waals surface area contributed by atoms with Crippen molar-refractivity contribution in [1.82, 2.24) is 20.7 Å². The van der Waals surface area contributed by atoms with Crippen molar-refractivity contribution in [2.24, 2.45) is 5.92 Å². The molecule has 1 aromatic carbocycles. The van der Waals surface area contributed by atoms with E-state index in [1.54, 1.807) is 18.2 Å². The lowest BCUT2D eigenvalue weighted by Gasteiger charge is -2.32. The molecular formula is C24H30F2N4O5. The van der Waals surface area contributed by atoms with Crippen LogP contribution in [-0.4, -0.2) is 60.3 Å². The number of nitrogens with one attached hydrogen (secondary N) is 2. The second-order valence-electron chi connectivity index (χ2n) is 8.14. The Morgan fingerprint density at radius 1 is 1.14 bits per heavy atom. The molecule has 1 aliphatic rings. The highest BCUT2D eigenvalue weighted by atomic mass is 19.3. The van der Waals surface area contributed by atoms with Crippen molar-refractivity contribution in [2.45, 2.75) is 39.8 Å². The minimum absolute atomic E-state index is 0.000459. The summed E-state index contributed by atoms with van der Waals surface area (Å²) < 4.78 is 35.4. The Morgan fingerprint density at radius 3 is 2.60 bits per heavy atom. The summed E-state index contributed by atoms with van der Waals surface area (Å²) in [5.41, 5.74) is 4.73. The van der Waals surface area contributed by atoms with Crippen LogP contribution in [0.3, 0.4) is 0 Å². The molecule has 0 saturated carbocycles. The Hall–Kier alpha value is -3.47. The highest BCUT2D eigenvalue weighted by Gasteiger charge is 2.30. The van der Waals surface area contributed by atoms with Gasteiger partial charge in [-0.3, -0.25) is 30.1 Å². The van der Waals surface area contributed by atoms with Gasteiger partial charge >= 0.3 is 12.5 Å². The molecule has 2 aromatic rings. The summed E-state index contributed by atoms with van der Waals surface area (Å²) in [7, 11) is 0. The fourth-order valence-corrected chi connectivity index (χ4v) is 3.92. The first-order valence-electron chi connectivity index (χ1n) is 11.6. The van der Waals surface area contributed by atoms with E-state index >= 15 is 0 Å². The van der Waals surface area contributed by atoms with E-state index in [4.69, 9.17) is 4.42 Å². The standard InChI is InChI=1S/C24H30F2N4O5/c1-3-29(4-2)15-17-11-12-20(34-17)22(32)28-27-21(31)16-8-7-13-30(14-16)23(33)18-9-5-6-10-19(18)35-24(25)26/h5-6,9-12,16,24H,3-4,7-8,13-15H2,1-2H3,(H,27,31)(H,28,32). The number of halogens is 2. The smallest absolute Gasteiger partial charge is 0.387 e. The summed E-state index contributed by atoms with van der Waals surface area (Å²) in [6, 6.07) is 9.01. The minimum Gasteiger partial charge on any atom is -0.454 e. The lowest BCUT2D eigenvalue weighted by Crippen LogP contribution is -2.50. The minimum atomic E-state index is -3.06. The van der Waals surface area contributed by atoms with Crippen molar-refractivity contribution in [2.75, 3.05) is 26.2 Å². The number of amides is 3. The molecule has 11 heteroatoms. The van der Waals surface area contributed by atoms with Crippen LogP contribution >= 0.6 is 0 Å². The van der Waals surface area contributed by atoms with Gasteiger partial charge in [-0.15, -0.1) is 0 Å². The first-order valence-corrected chi connectivity index (χ1v) is 11.6. The molecule has 35 heavy (non-hydrogen) atoms. The third-order valence-corrected chi connectivity index (χ3v) is 5.87. The maximum atomic E-state index is 12.9. The van der Waals surface area contributed by atoms with E-state index in [9.17, 15) is 23.2 Å². The molecule has 1 aromatic heterocycles. The van der Waals surface area contributed by atoms with E-state index < -0.39 is 30.3 Å². The second kappa shape index (κ2) is 12.3. The lowest BCUT2D eigenvalue weighted by atomic mass is 9.96. The van der Waals surface area contributed by atoms with Gasteiger partial charge in [0.1, 0.15) is 11.5 Å². The largest absolute Gasteiger partial charge is 0.454 e. The van der Waals surface area contributed by atoms with Crippen LogP contribution in [0.5, 0.6) is 5.75 Å². The molecule has 0 radical (unpaired) electrons. The Labute approximate surface area is 202 Å². The predicted octanol–water partition coefficient (Wildman–Crippen LogP) is 3.04. The van der Waals surface area contributed by atoms with E-state index in [0.717, 1.165) is 13.1 Å². The van der Waals surface area contributed by atoms with Crippen LogP contribution < -0.4 is 15.6 Å². The number of carbonyl (C=O) groups is 3. The average molecular weight is 493 g/mol. The number of hydrogen-bond donors (Lipinski definition) is 2. The molecular weight excluding hydrogens is 462 g/mol. The fraction of sp³-hybridized carbons (Fsp3) is 0.458. The molecule has 0 aliphatic carbocycles. The van der Waals surface area contributed by atoms with Crippen LogP contribution in [0.1, 0.15) is 53.4 Å². The Balaban J connectivity index is 1.55. The Morgan fingerprint density at radius 2 is 1.89 bits per heavy atom. The van der Waals surface area contributed by atoms with E-state index in [1.807, 2.05) is 13.8 Å². The molecule has 0 bridgehead atoms. The van der Waals surface area contributed by atoms with Crippen LogP contribution in [-0.2, 0) is 11.3 Å². The number of ether oxygens (including phenoxy) is 1. The van der Waals surface area contributed by atoms with Gasteiger partial charge < -0.3 is 14.1 Å². The monoisotopic (exact) mass is 492 g/mol. The van der Waals surface area contributed by atoms with Crippen molar-refractivity contribution >= 4 is 17.7 Å². The third-order valence-electron chi connectivity index (χ3n) is 5.87. The molecule has 190 valence electrons. The van der Waals surface area contributed by atoms with Crippen LogP contribution in [0.15, 0.2) is 40.8 Å². The second-order valence-corrected chi connectivity index (χ2v) is 8.14. The van der Waals surface area contributed by atoms with Gasteiger partial charge in [-0.25, -0.2) is 0 Å². The molecule has 2 N–H and O–H groups in total. The van der Waals surface area contributed by atoms with Gasteiger partial charge in [-0.05, 0) is 50.2 Å². The zero-order valence-corrected chi connectivity index (χ0v) is 19.8. The topological polar surface area (TPSA) is 104 Å². The summed E-state index contributed by atoms with van der Waals surface area (Å²) in [4.78, 5) is 41.5. The molecule has 1 atom stereocenters. The first kappa shape index (κ1) is 26.1. The average Bonchev–Trinajstić information content (AvgIpc) is 3.34. The van der Waals surface area contributed by atoms with Crippen molar-refractivity contribution in [3.8, 4) is 5.75 Å². The molecule has 3 amide bonds. The highest BCUT2D eigenvalue weighted by molar-refractivity contribution is 5.97. The number of para-hydroxylation sites is 1. The van der Waals surface area contributed by atoms with Crippen molar-refractivity contribution < 1.29 is 32.3 Å². The normalized spacial score (nSPS) is 15.8. The van der Waals surface area contributed by atoms with Crippen molar-refractivity contribution in [1.29, 1.82) is 0 Å². The van der Waals surface area contributed by atoms with E-state index in [2.05, 4.69) is 20.5 Å². The molecule has 1 unspecified atom stereocenters. The van der Waals surface area contributed by atoms with Gasteiger partial charge in [0.15, 0.2) is 5.76 Å². The number of hydrogen-bond acceptors (Lipinski definition) is 6. The lowest BCUT2D eigenvalue weighted by molar-refractivity contribution is -0.127. The Bertz CT molecular complexity index is 1020. The molecule has 0 spiro atoms. The number of nitrogens with zero attached hydrogens (tertiary/aromatic N) is 2. The first-order chi connectivity index (χ1) is 16.8. The molecule has 3 rings (SSSR count). The third kappa shape index (κ3) is 7.01. The summed E-state index contributed by atoms with van der Waals surface area (Å²) in [5, 5.41) is 0. The van der Waals surface area contributed by atoms with Crippen LogP contribution in [0, 0.1) is 5.92 Å². The molecule has 1 aliphatic heterocycles. The number of rotatable bonds is 9. The quantitative estimate of drug-likeness (QED) is 0.522. The van der Waals surface area contributed by atoms with Crippen LogP contribution in [0.4, 0.5) is 8.78 Å². The highest BCUT2D eigenvalue weighted by Crippen LogP contribution is 2.25. The zero-order chi connectivity index (χ0) is 25.4. The maximum absolute atomic E-state index is 12.9. The zero-order valence-electron chi connectivity index (χ0n) is 19.8. The number of piperidine rings is 1. The summed E-state index contributed by atoms with van der Waals surface area (Å²) in [5.74, 6) is -1.63. The van der Waals surface area contributed by atoms with E-state index in [-0.39, 0.29) is 23.6 Å². The fourth-order valence-electron chi connectivity index (χ4n) is 3.92. The number of carbonyl (C=O) groups excluding carboxylic acids is 3. The van der Waals surface area contributed by atoms with Gasteiger partial charge in [0.2, 0.25) is 5.91 Å². The summed E-state index contributed by atoms with van der Waals surface area (Å²) >= 11 is 0. The number of benzene rings is 1. The van der Waals surface area contributed by atoms with E-state index in [0.29, 0.717) is 31.7 Å². The van der Waals surface area contributed by atoms with Gasteiger partial charge in [0.05, 0.1) is 18.0 Å². The van der Waals surface area contributed by atoms with Gasteiger partial charge in [0.25, 0.3) is 5.91 Å². The molecule has 9 nitrogen and oxygen atoms in total. The summed E-state index contributed by atoms with van der Waals surface area (Å²) in [6.45, 7) is 3.73. The van der Waals surface area contributed by atoms with Crippen LogP contribution in [0.2, 0.25) is 0 Å². The van der Waals surface area contributed by atoms with E-state index in [1.165, 1.54) is 23.1 Å². The molecule has 1 saturated heterocycles.